The molecular weight excluding hydrogens is 328 g/mol. The summed E-state index contributed by atoms with van der Waals surface area (Å²) in [7, 11) is 0. The Morgan fingerprint density at radius 3 is 2.28 bits per heavy atom. The molecule has 0 atom stereocenters. The molecule has 0 saturated carbocycles. The molecule has 0 radical (unpaired) electrons. The van der Waals surface area contributed by atoms with Crippen LogP contribution in [-0.2, 0) is 25.6 Å². The summed E-state index contributed by atoms with van der Waals surface area (Å²) < 4.78 is 12.0. The van der Waals surface area contributed by atoms with Gasteiger partial charge in [0.05, 0.1) is 13.1 Å². The minimum atomic E-state index is -1.09. The van der Waals surface area contributed by atoms with Crippen LogP contribution in [0.2, 0.25) is 0 Å². The number of aromatic nitrogens is 2. The molecule has 1 aromatic heterocycles. The molecular formula is C15H24N6O4. The quantitative estimate of drug-likeness (QED) is 0.364. The Labute approximate surface area is 145 Å². The minimum Gasteiger partial charge on any atom is -0.452 e. The number of amidine groups is 2. The molecule has 0 aromatic carbocycles. The van der Waals surface area contributed by atoms with Crippen molar-refractivity contribution in [1.82, 2.24) is 9.78 Å². The van der Waals surface area contributed by atoms with E-state index in [1.165, 1.54) is 0 Å². The topological polar surface area (TPSA) is 159 Å². The third-order valence-corrected chi connectivity index (χ3v) is 2.90. The first-order valence-electron chi connectivity index (χ1n) is 7.50. The van der Waals surface area contributed by atoms with Gasteiger partial charge in [-0.15, -0.1) is 0 Å². The zero-order chi connectivity index (χ0) is 19.3. The van der Waals surface area contributed by atoms with Crippen LogP contribution in [0.5, 0.6) is 0 Å². The first-order valence-corrected chi connectivity index (χ1v) is 7.50. The van der Waals surface area contributed by atoms with Gasteiger partial charge in [-0.05, 0) is 33.8 Å². The number of carbonyl (C=O) groups excluding carboxylic acids is 2. The van der Waals surface area contributed by atoms with Crippen LogP contribution in [-0.4, -0.2) is 51.1 Å². The average molecular weight is 352 g/mol. The van der Waals surface area contributed by atoms with Crippen LogP contribution in [0.3, 0.4) is 0 Å². The van der Waals surface area contributed by atoms with E-state index >= 15 is 0 Å². The number of carbonyl (C=O) groups is 2. The molecule has 25 heavy (non-hydrogen) atoms. The summed E-state index contributed by atoms with van der Waals surface area (Å²) in [6.07, 6.45) is 3.37. The van der Waals surface area contributed by atoms with Crippen molar-refractivity contribution in [3.63, 3.8) is 0 Å². The Morgan fingerprint density at radius 2 is 1.76 bits per heavy atom. The van der Waals surface area contributed by atoms with Crippen LogP contribution in [0.25, 0.3) is 0 Å². The van der Waals surface area contributed by atoms with E-state index < -0.39 is 29.0 Å². The Kier molecular flexibility index (Phi) is 6.26. The number of ether oxygens (including phenoxy) is 2. The maximum atomic E-state index is 12.1. The maximum absolute atomic E-state index is 12.1. The summed E-state index contributed by atoms with van der Waals surface area (Å²) in [6.45, 7) is 6.80. The average Bonchev–Trinajstić information content (AvgIpc) is 2.95. The standard InChI is InChI=1S/C15H24N6O4/c1-14(2,24-12(22)10(16)17)8-19-11(18)13(23)25-15(3,4)9-21-7-5-6-20-21/h5-7H,8-9H2,1-4H3,(H3,16,17)(H2,18,19). The molecule has 1 rings (SSSR count). The second-order valence-corrected chi connectivity index (χ2v) is 6.62. The molecule has 0 aliphatic carbocycles. The van der Waals surface area contributed by atoms with Crippen LogP contribution >= 0.6 is 0 Å². The van der Waals surface area contributed by atoms with E-state index in [1.807, 2.05) is 0 Å². The fourth-order valence-corrected chi connectivity index (χ4v) is 1.80. The van der Waals surface area contributed by atoms with E-state index in [-0.39, 0.29) is 12.4 Å². The molecule has 0 aliphatic rings. The van der Waals surface area contributed by atoms with Crippen molar-refractivity contribution < 1.29 is 19.1 Å². The fourth-order valence-electron chi connectivity index (χ4n) is 1.80. The zero-order valence-electron chi connectivity index (χ0n) is 14.8. The zero-order valence-corrected chi connectivity index (χ0v) is 14.8. The van der Waals surface area contributed by atoms with E-state index in [2.05, 4.69) is 10.1 Å². The van der Waals surface area contributed by atoms with E-state index in [0.29, 0.717) is 6.54 Å². The lowest BCUT2D eigenvalue weighted by Gasteiger charge is -2.25. The van der Waals surface area contributed by atoms with Crippen molar-refractivity contribution >= 4 is 23.6 Å². The van der Waals surface area contributed by atoms with Crippen LogP contribution < -0.4 is 11.5 Å². The maximum Gasteiger partial charge on any atom is 0.373 e. The molecule has 1 heterocycles. The molecule has 138 valence electrons. The molecule has 1 aromatic rings. The first kappa shape index (κ1) is 20.1. The summed E-state index contributed by atoms with van der Waals surface area (Å²) in [5.41, 5.74) is 8.75. The third-order valence-electron chi connectivity index (χ3n) is 2.90. The first-order chi connectivity index (χ1) is 11.4. The summed E-state index contributed by atoms with van der Waals surface area (Å²) in [4.78, 5) is 27.3. The molecule has 10 heteroatoms. The highest BCUT2D eigenvalue weighted by Gasteiger charge is 2.27. The molecule has 5 N–H and O–H groups in total. The number of nitrogens with two attached hydrogens (primary N) is 2. The molecule has 0 bridgehead atoms. The second-order valence-electron chi connectivity index (χ2n) is 6.62. The van der Waals surface area contributed by atoms with Crippen LogP contribution in [0.15, 0.2) is 23.5 Å². The summed E-state index contributed by atoms with van der Waals surface area (Å²) in [5, 5.41) is 11.1. The highest BCUT2D eigenvalue weighted by molar-refractivity contribution is 6.35. The Bertz CT molecular complexity index is 664. The number of nitrogens with one attached hydrogen (secondary N) is 1. The van der Waals surface area contributed by atoms with Crippen molar-refractivity contribution in [2.75, 3.05) is 6.54 Å². The highest BCUT2D eigenvalue weighted by Crippen LogP contribution is 2.13. The minimum absolute atomic E-state index is 0.0907. The lowest BCUT2D eigenvalue weighted by Crippen LogP contribution is -2.40. The van der Waals surface area contributed by atoms with Gasteiger partial charge in [-0.1, -0.05) is 0 Å². The third kappa shape index (κ3) is 7.02. The number of esters is 2. The Morgan fingerprint density at radius 1 is 1.16 bits per heavy atom. The van der Waals surface area contributed by atoms with Crippen molar-refractivity contribution in [1.29, 1.82) is 5.41 Å². The van der Waals surface area contributed by atoms with Gasteiger partial charge in [0.15, 0.2) is 0 Å². The Balaban J connectivity index is 2.63. The molecule has 0 aliphatic heterocycles. The second kappa shape index (κ2) is 7.77. The van der Waals surface area contributed by atoms with Gasteiger partial charge in [-0.2, -0.15) is 5.10 Å². The van der Waals surface area contributed by atoms with Gasteiger partial charge in [0.2, 0.25) is 11.7 Å². The lowest BCUT2D eigenvalue weighted by molar-refractivity contribution is -0.149. The smallest absolute Gasteiger partial charge is 0.373 e. The van der Waals surface area contributed by atoms with Crippen LogP contribution in [0.4, 0.5) is 0 Å². The van der Waals surface area contributed by atoms with Crippen molar-refractivity contribution in [2.45, 2.75) is 45.4 Å². The van der Waals surface area contributed by atoms with E-state index in [1.54, 1.807) is 50.8 Å². The Hall–Kier alpha value is -2.91. The largest absolute Gasteiger partial charge is 0.452 e. The van der Waals surface area contributed by atoms with Gasteiger partial charge < -0.3 is 20.9 Å². The molecule has 0 fully saturated rings. The van der Waals surface area contributed by atoms with Gasteiger partial charge >= 0.3 is 11.9 Å². The monoisotopic (exact) mass is 352 g/mol. The normalized spacial score (nSPS) is 12.6. The molecule has 0 spiro atoms. The molecule has 0 saturated heterocycles. The van der Waals surface area contributed by atoms with Gasteiger partial charge in [-0.3, -0.25) is 15.1 Å². The highest BCUT2D eigenvalue weighted by atomic mass is 16.6. The van der Waals surface area contributed by atoms with Gasteiger partial charge in [-0.25, -0.2) is 9.59 Å². The van der Waals surface area contributed by atoms with Gasteiger partial charge in [0.1, 0.15) is 11.2 Å². The number of hydrogen-bond donors (Lipinski definition) is 3. The van der Waals surface area contributed by atoms with Crippen molar-refractivity contribution in [3.8, 4) is 0 Å². The number of hydrogen-bond acceptors (Lipinski definition) is 7. The number of aliphatic imine (C=N–C) groups is 1. The van der Waals surface area contributed by atoms with Gasteiger partial charge in [0.25, 0.3) is 0 Å². The van der Waals surface area contributed by atoms with Crippen molar-refractivity contribution in [2.24, 2.45) is 16.5 Å². The van der Waals surface area contributed by atoms with Crippen LogP contribution in [0, 0.1) is 5.41 Å². The fraction of sp³-hybridized carbons (Fsp3) is 0.533. The van der Waals surface area contributed by atoms with E-state index in [4.69, 9.17) is 26.4 Å². The number of nitrogens with zero attached hydrogens (tertiary/aromatic N) is 3. The molecule has 0 amide bonds. The van der Waals surface area contributed by atoms with Crippen LogP contribution in [0.1, 0.15) is 27.7 Å². The van der Waals surface area contributed by atoms with Crippen molar-refractivity contribution in [3.05, 3.63) is 18.5 Å². The summed E-state index contributed by atoms with van der Waals surface area (Å²) >= 11 is 0. The predicted molar refractivity (Wildman–Crippen MR) is 91.0 cm³/mol. The number of rotatable bonds is 6. The summed E-state index contributed by atoms with van der Waals surface area (Å²) in [6, 6.07) is 1.76. The lowest BCUT2D eigenvalue weighted by atomic mass is 10.1. The summed E-state index contributed by atoms with van der Waals surface area (Å²) in [5.74, 6) is -2.82. The predicted octanol–water partition coefficient (Wildman–Crippen LogP) is -0.180. The van der Waals surface area contributed by atoms with E-state index in [0.717, 1.165) is 0 Å². The SMILES string of the molecule is CC(C)(CN=C(N)C(=O)OC(C)(C)Cn1cccn1)OC(=O)C(=N)N. The van der Waals surface area contributed by atoms with E-state index in [9.17, 15) is 9.59 Å². The molecule has 0 unspecified atom stereocenters. The van der Waals surface area contributed by atoms with Gasteiger partial charge in [0, 0.05) is 12.4 Å². The molecule has 10 nitrogen and oxygen atoms in total.